The summed E-state index contributed by atoms with van der Waals surface area (Å²) in [5.41, 5.74) is 0.622. The van der Waals surface area contributed by atoms with Crippen molar-refractivity contribution >= 4 is 5.97 Å². The molecule has 0 amide bonds. The summed E-state index contributed by atoms with van der Waals surface area (Å²) in [6.45, 7) is 0. The molecule has 1 N–H and O–H groups in total. The van der Waals surface area contributed by atoms with E-state index in [9.17, 15) is 4.79 Å². The molecule has 0 aliphatic rings. The Bertz CT molecular complexity index is 571. The molecule has 1 aromatic heterocycles. The summed E-state index contributed by atoms with van der Waals surface area (Å²) in [6.07, 6.45) is -0.311. The highest BCUT2D eigenvalue weighted by atomic mass is 16.5. The lowest BCUT2D eigenvalue weighted by Crippen LogP contribution is -1.99. The number of benzene rings is 1. The molecule has 7 nitrogen and oxygen atoms in total. The molecule has 0 atom stereocenters. The molecule has 0 unspecified atom stereocenters. The van der Waals surface area contributed by atoms with Gasteiger partial charge in [0.05, 0.1) is 14.2 Å². The number of nitrogens with zero attached hydrogens (tertiary/aromatic N) is 2. The van der Waals surface area contributed by atoms with Crippen LogP contribution in [0.25, 0.3) is 11.4 Å². The quantitative estimate of drug-likeness (QED) is 0.871. The minimum absolute atomic E-state index is 0.0456. The van der Waals surface area contributed by atoms with Crippen LogP contribution in [0.5, 0.6) is 11.5 Å². The van der Waals surface area contributed by atoms with Crippen molar-refractivity contribution in [3.8, 4) is 22.9 Å². The SMILES string of the molecule is COc1cc(OC)cc(-c2noc(CC(=O)O)n2)c1. The van der Waals surface area contributed by atoms with Gasteiger partial charge in [0.25, 0.3) is 0 Å². The summed E-state index contributed by atoms with van der Waals surface area (Å²) in [4.78, 5) is 14.5. The zero-order valence-corrected chi connectivity index (χ0v) is 10.4. The van der Waals surface area contributed by atoms with Crippen molar-refractivity contribution < 1.29 is 23.9 Å². The third kappa shape index (κ3) is 3.01. The van der Waals surface area contributed by atoms with E-state index in [0.29, 0.717) is 17.1 Å². The van der Waals surface area contributed by atoms with Gasteiger partial charge in [-0.15, -0.1) is 0 Å². The van der Waals surface area contributed by atoms with Gasteiger partial charge in [0, 0.05) is 11.6 Å². The van der Waals surface area contributed by atoms with Gasteiger partial charge in [-0.25, -0.2) is 0 Å². The van der Waals surface area contributed by atoms with Gasteiger partial charge in [-0.05, 0) is 12.1 Å². The van der Waals surface area contributed by atoms with Gasteiger partial charge < -0.3 is 19.1 Å². The van der Waals surface area contributed by atoms with Crippen molar-refractivity contribution in [2.75, 3.05) is 14.2 Å². The van der Waals surface area contributed by atoms with Crippen molar-refractivity contribution in [2.24, 2.45) is 0 Å². The number of ether oxygens (including phenoxy) is 2. The smallest absolute Gasteiger partial charge is 0.312 e. The highest BCUT2D eigenvalue weighted by molar-refractivity contribution is 5.69. The van der Waals surface area contributed by atoms with E-state index in [-0.39, 0.29) is 18.1 Å². The number of carbonyl (C=O) groups is 1. The molecule has 0 radical (unpaired) electrons. The molecule has 19 heavy (non-hydrogen) atoms. The van der Waals surface area contributed by atoms with Gasteiger partial charge in [-0.3, -0.25) is 4.79 Å². The van der Waals surface area contributed by atoms with Gasteiger partial charge in [-0.1, -0.05) is 5.16 Å². The normalized spacial score (nSPS) is 10.2. The van der Waals surface area contributed by atoms with Crippen LogP contribution in [0.2, 0.25) is 0 Å². The summed E-state index contributed by atoms with van der Waals surface area (Å²) >= 11 is 0. The lowest BCUT2D eigenvalue weighted by atomic mass is 10.2. The highest BCUT2D eigenvalue weighted by Crippen LogP contribution is 2.28. The lowest BCUT2D eigenvalue weighted by Gasteiger charge is -2.05. The molecule has 1 aromatic carbocycles. The maximum Gasteiger partial charge on any atom is 0.312 e. The van der Waals surface area contributed by atoms with Crippen LogP contribution < -0.4 is 9.47 Å². The van der Waals surface area contributed by atoms with Gasteiger partial charge >= 0.3 is 5.97 Å². The molecule has 1 heterocycles. The molecule has 0 saturated carbocycles. The number of aliphatic carboxylic acids is 1. The van der Waals surface area contributed by atoms with Crippen molar-refractivity contribution in [3.63, 3.8) is 0 Å². The summed E-state index contributed by atoms with van der Waals surface area (Å²) in [5, 5.41) is 12.4. The maximum atomic E-state index is 10.5. The van der Waals surface area contributed by atoms with Crippen LogP contribution in [0.3, 0.4) is 0 Å². The van der Waals surface area contributed by atoms with Crippen molar-refractivity contribution in [3.05, 3.63) is 24.1 Å². The van der Waals surface area contributed by atoms with Gasteiger partial charge in [-0.2, -0.15) is 4.98 Å². The second-order valence-corrected chi connectivity index (χ2v) is 3.68. The highest BCUT2D eigenvalue weighted by Gasteiger charge is 2.13. The maximum absolute atomic E-state index is 10.5. The van der Waals surface area contributed by atoms with E-state index in [2.05, 4.69) is 10.1 Å². The van der Waals surface area contributed by atoms with Crippen LogP contribution in [0.15, 0.2) is 22.7 Å². The summed E-state index contributed by atoms with van der Waals surface area (Å²) in [7, 11) is 3.06. The average Bonchev–Trinajstić information content (AvgIpc) is 2.85. The molecule has 2 aromatic rings. The topological polar surface area (TPSA) is 94.7 Å². The summed E-state index contributed by atoms with van der Waals surface area (Å²) < 4.78 is 15.1. The number of rotatable bonds is 5. The standard InChI is InChI=1S/C12H12N2O5/c1-17-8-3-7(4-9(5-8)18-2)12-13-10(19-14-12)6-11(15)16/h3-5H,6H2,1-2H3,(H,15,16). The van der Waals surface area contributed by atoms with Crippen LogP contribution in [0.4, 0.5) is 0 Å². The zero-order valence-electron chi connectivity index (χ0n) is 10.4. The van der Waals surface area contributed by atoms with E-state index in [1.807, 2.05) is 0 Å². The minimum atomic E-state index is -1.03. The lowest BCUT2D eigenvalue weighted by molar-refractivity contribution is -0.136. The fourth-order valence-corrected chi connectivity index (χ4v) is 1.51. The fraction of sp³-hybridized carbons (Fsp3) is 0.250. The number of methoxy groups -OCH3 is 2. The summed E-state index contributed by atoms with van der Waals surface area (Å²) in [6, 6.07) is 5.12. The first-order valence-corrected chi connectivity index (χ1v) is 5.40. The Morgan fingerprint density at radius 3 is 2.42 bits per heavy atom. The zero-order chi connectivity index (χ0) is 13.8. The van der Waals surface area contributed by atoms with Crippen molar-refractivity contribution in [1.82, 2.24) is 10.1 Å². The van der Waals surface area contributed by atoms with Gasteiger partial charge in [0.2, 0.25) is 11.7 Å². The predicted octanol–water partition coefficient (Wildman–Crippen LogP) is 1.38. The monoisotopic (exact) mass is 264 g/mol. The van der Waals surface area contributed by atoms with E-state index >= 15 is 0 Å². The van der Waals surface area contributed by atoms with Gasteiger partial charge in [0.1, 0.15) is 17.9 Å². The number of carboxylic acid groups (broad SMARTS) is 1. The molecular formula is C12H12N2O5. The van der Waals surface area contributed by atoms with Gasteiger partial charge in [0.15, 0.2) is 0 Å². The Balaban J connectivity index is 2.35. The van der Waals surface area contributed by atoms with E-state index in [4.69, 9.17) is 19.1 Å². The third-order valence-corrected chi connectivity index (χ3v) is 2.38. The Morgan fingerprint density at radius 2 is 1.89 bits per heavy atom. The third-order valence-electron chi connectivity index (χ3n) is 2.38. The first-order chi connectivity index (χ1) is 9.12. The van der Waals surface area contributed by atoms with Crippen LogP contribution >= 0.6 is 0 Å². The molecule has 0 fully saturated rings. The number of hydrogen-bond acceptors (Lipinski definition) is 6. The number of carboxylic acids is 1. The van der Waals surface area contributed by atoms with E-state index in [0.717, 1.165) is 0 Å². The Labute approximate surface area is 108 Å². The van der Waals surface area contributed by atoms with Crippen LogP contribution in [0, 0.1) is 0 Å². The Morgan fingerprint density at radius 1 is 1.26 bits per heavy atom. The van der Waals surface area contributed by atoms with E-state index < -0.39 is 5.97 Å². The first-order valence-electron chi connectivity index (χ1n) is 5.40. The fourth-order valence-electron chi connectivity index (χ4n) is 1.51. The molecule has 0 spiro atoms. The molecule has 0 aliphatic carbocycles. The average molecular weight is 264 g/mol. The number of aromatic nitrogens is 2. The molecule has 0 saturated heterocycles. The molecule has 100 valence electrons. The Kier molecular flexibility index (Phi) is 3.65. The minimum Gasteiger partial charge on any atom is -0.497 e. The molecule has 0 bridgehead atoms. The van der Waals surface area contributed by atoms with E-state index in [1.54, 1.807) is 18.2 Å². The van der Waals surface area contributed by atoms with Crippen LogP contribution in [0.1, 0.15) is 5.89 Å². The van der Waals surface area contributed by atoms with E-state index in [1.165, 1.54) is 14.2 Å². The molecule has 7 heteroatoms. The molecule has 2 rings (SSSR count). The predicted molar refractivity (Wildman–Crippen MR) is 64.2 cm³/mol. The summed E-state index contributed by atoms with van der Waals surface area (Å²) in [5.74, 6) is 0.467. The Hall–Kier alpha value is -2.57. The van der Waals surface area contributed by atoms with Crippen molar-refractivity contribution in [1.29, 1.82) is 0 Å². The second kappa shape index (κ2) is 5.38. The largest absolute Gasteiger partial charge is 0.497 e. The van der Waals surface area contributed by atoms with Crippen LogP contribution in [-0.2, 0) is 11.2 Å². The first kappa shape index (κ1) is 12.9. The molecule has 0 aliphatic heterocycles. The molecular weight excluding hydrogens is 252 g/mol. The van der Waals surface area contributed by atoms with Crippen molar-refractivity contribution in [2.45, 2.75) is 6.42 Å². The number of hydrogen-bond donors (Lipinski definition) is 1. The second-order valence-electron chi connectivity index (χ2n) is 3.68. The van der Waals surface area contributed by atoms with Crippen LogP contribution in [-0.4, -0.2) is 35.4 Å².